The molecule has 3 aromatic rings. The van der Waals surface area contributed by atoms with Crippen molar-refractivity contribution in [2.24, 2.45) is 11.1 Å². The van der Waals surface area contributed by atoms with Gasteiger partial charge in [0.1, 0.15) is 28.4 Å². The van der Waals surface area contributed by atoms with Crippen LogP contribution in [-0.2, 0) is 6.42 Å². The van der Waals surface area contributed by atoms with Gasteiger partial charge >= 0.3 is 5.97 Å². The maximum absolute atomic E-state index is 12.8. The van der Waals surface area contributed by atoms with Crippen LogP contribution in [0.15, 0.2) is 66.7 Å². The van der Waals surface area contributed by atoms with E-state index in [0.29, 0.717) is 23.3 Å². The lowest BCUT2D eigenvalue weighted by Gasteiger charge is -2.27. The van der Waals surface area contributed by atoms with E-state index in [1.165, 1.54) is 12.1 Å². The van der Waals surface area contributed by atoms with E-state index in [-0.39, 0.29) is 28.4 Å². The maximum atomic E-state index is 12.8. The molecule has 0 aliphatic rings. The van der Waals surface area contributed by atoms with Crippen molar-refractivity contribution in [2.75, 3.05) is 0 Å². The number of carbonyl (C=O) groups excluding carboxylic acids is 3. The molecule has 7 nitrogen and oxygen atoms in total. The summed E-state index contributed by atoms with van der Waals surface area (Å²) in [6.45, 7) is 9.04. The second kappa shape index (κ2) is 10.2. The maximum Gasteiger partial charge on any atom is 0.347 e. The zero-order chi connectivity index (χ0) is 26.7. The van der Waals surface area contributed by atoms with Crippen LogP contribution in [0.4, 0.5) is 0 Å². The van der Waals surface area contributed by atoms with Crippen LogP contribution in [0.5, 0.6) is 17.2 Å². The van der Waals surface area contributed by atoms with Gasteiger partial charge in [0, 0.05) is 11.8 Å². The molecular weight excluding hydrogens is 458 g/mol. The van der Waals surface area contributed by atoms with Gasteiger partial charge in [0.05, 0.1) is 11.1 Å². The monoisotopic (exact) mass is 489 g/mol. The van der Waals surface area contributed by atoms with Gasteiger partial charge in [-0.3, -0.25) is 9.59 Å². The molecule has 1 amide bonds. The number of ketones is 1. The highest BCUT2D eigenvalue weighted by molar-refractivity contribution is 6.03. The van der Waals surface area contributed by atoms with Crippen LogP contribution in [0, 0.1) is 5.41 Å². The SMILES string of the molecule is CC(C)(Cc1ccc(C(=O)Oc2ccccc2C(=O)C(C)(C)C)c(O)c1)Oc1ccccc1C(N)=O. The largest absolute Gasteiger partial charge is 0.507 e. The van der Waals surface area contributed by atoms with Gasteiger partial charge in [0.15, 0.2) is 5.78 Å². The van der Waals surface area contributed by atoms with Gasteiger partial charge in [0.25, 0.3) is 5.91 Å². The summed E-state index contributed by atoms with van der Waals surface area (Å²) in [7, 11) is 0. The van der Waals surface area contributed by atoms with Crippen LogP contribution in [0.1, 0.15) is 71.3 Å². The van der Waals surface area contributed by atoms with E-state index in [0.717, 1.165) is 0 Å². The summed E-state index contributed by atoms with van der Waals surface area (Å²) < 4.78 is 11.5. The number of aromatic hydroxyl groups is 1. The Bertz CT molecular complexity index is 1300. The van der Waals surface area contributed by atoms with Gasteiger partial charge in [-0.2, -0.15) is 0 Å². The van der Waals surface area contributed by atoms with Crippen LogP contribution in [-0.4, -0.2) is 28.4 Å². The van der Waals surface area contributed by atoms with Crippen molar-refractivity contribution in [3.8, 4) is 17.2 Å². The minimum Gasteiger partial charge on any atom is -0.507 e. The Morgan fingerprint density at radius 3 is 1.97 bits per heavy atom. The van der Waals surface area contributed by atoms with E-state index in [1.54, 1.807) is 75.4 Å². The van der Waals surface area contributed by atoms with Crippen molar-refractivity contribution in [3.63, 3.8) is 0 Å². The lowest BCUT2D eigenvalue weighted by Crippen LogP contribution is -2.32. The molecule has 0 radical (unpaired) electrons. The van der Waals surface area contributed by atoms with Gasteiger partial charge in [-0.25, -0.2) is 4.79 Å². The molecule has 0 unspecified atom stereocenters. The Morgan fingerprint density at radius 1 is 0.806 bits per heavy atom. The molecule has 7 heteroatoms. The highest BCUT2D eigenvalue weighted by Gasteiger charge is 2.27. The zero-order valence-corrected chi connectivity index (χ0v) is 21.1. The minimum absolute atomic E-state index is 0.0328. The summed E-state index contributed by atoms with van der Waals surface area (Å²) >= 11 is 0. The van der Waals surface area contributed by atoms with Gasteiger partial charge in [-0.1, -0.05) is 51.1 Å². The Hall–Kier alpha value is -4.13. The van der Waals surface area contributed by atoms with Crippen molar-refractivity contribution in [1.29, 1.82) is 0 Å². The summed E-state index contributed by atoms with van der Waals surface area (Å²) in [5, 5.41) is 10.6. The number of ether oxygens (including phenoxy) is 2. The molecule has 188 valence electrons. The van der Waals surface area contributed by atoms with E-state index in [2.05, 4.69) is 0 Å². The number of Topliss-reactive ketones (excluding diaryl/α,β-unsaturated/α-hetero) is 1. The highest BCUT2D eigenvalue weighted by Crippen LogP contribution is 2.30. The Morgan fingerprint density at radius 2 is 1.39 bits per heavy atom. The van der Waals surface area contributed by atoms with Crippen molar-refractivity contribution < 1.29 is 29.0 Å². The molecule has 0 saturated carbocycles. The van der Waals surface area contributed by atoms with Crippen molar-refractivity contribution in [1.82, 2.24) is 0 Å². The van der Waals surface area contributed by atoms with E-state index < -0.39 is 22.9 Å². The molecule has 0 atom stereocenters. The predicted molar refractivity (Wildman–Crippen MR) is 137 cm³/mol. The number of phenols is 1. The fourth-order valence-corrected chi connectivity index (χ4v) is 3.75. The van der Waals surface area contributed by atoms with E-state index >= 15 is 0 Å². The summed E-state index contributed by atoms with van der Waals surface area (Å²) in [4.78, 5) is 37.3. The van der Waals surface area contributed by atoms with Gasteiger partial charge in [-0.15, -0.1) is 0 Å². The van der Waals surface area contributed by atoms with Gasteiger partial charge < -0.3 is 20.3 Å². The highest BCUT2D eigenvalue weighted by atomic mass is 16.5. The first-order valence-corrected chi connectivity index (χ1v) is 11.5. The van der Waals surface area contributed by atoms with E-state index in [1.807, 2.05) is 13.8 Å². The summed E-state index contributed by atoms with van der Waals surface area (Å²) in [5.74, 6) is -1.29. The number of esters is 1. The van der Waals surface area contributed by atoms with E-state index in [9.17, 15) is 19.5 Å². The fourth-order valence-electron chi connectivity index (χ4n) is 3.75. The topological polar surface area (TPSA) is 116 Å². The molecule has 0 fully saturated rings. The third-order valence-electron chi connectivity index (χ3n) is 5.47. The smallest absolute Gasteiger partial charge is 0.347 e. The number of amides is 1. The van der Waals surface area contributed by atoms with E-state index in [4.69, 9.17) is 15.2 Å². The molecule has 0 saturated heterocycles. The number of phenolic OH excluding ortho intramolecular Hbond substituents is 1. The molecule has 0 spiro atoms. The number of para-hydroxylation sites is 2. The first-order valence-electron chi connectivity index (χ1n) is 11.5. The van der Waals surface area contributed by atoms with Crippen molar-refractivity contribution in [2.45, 2.75) is 46.6 Å². The Labute approximate surface area is 210 Å². The van der Waals surface area contributed by atoms with Crippen LogP contribution in [0.2, 0.25) is 0 Å². The van der Waals surface area contributed by atoms with Crippen LogP contribution >= 0.6 is 0 Å². The average Bonchev–Trinajstić information content (AvgIpc) is 2.78. The van der Waals surface area contributed by atoms with Crippen LogP contribution in [0.25, 0.3) is 0 Å². The first kappa shape index (κ1) is 26.5. The van der Waals surface area contributed by atoms with Crippen LogP contribution < -0.4 is 15.2 Å². The molecular formula is C29H31NO6. The molecule has 0 bridgehead atoms. The van der Waals surface area contributed by atoms with Crippen molar-refractivity contribution >= 4 is 17.7 Å². The molecule has 0 aliphatic heterocycles. The lowest BCUT2D eigenvalue weighted by molar-refractivity contribution is 0.0725. The number of nitrogens with two attached hydrogens (primary N) is 1. The Kier molecular flexibility index (Phi) is 7.53. The minimum atomic E-state index is -0.779. The zero-order valence-electron chi connectivity index (χ0n) is 21.1. The quantitative estimate of drug-likeness (QED) is 0.251. The summed E-state index contributed by atoms with van der Waals surface area (Å²) in [6, 6.07) is 17.9. The predicted octanol–water partition coefficient (Wildman–Crippen LogP) is 5.34. The van der Waals surface area contributed by atoms with Crippen molar-refractivity contribution in [3.05, 3.63) is 89.0 Å². The molecule has 0 aromatic heterocycles. The molecule has 0 heterocycles. The third-order valence-corrected chi connectivity index (χ3v) is 5.47. The number of rotatable bonds is 8. The third kappa shape index (κ3) is 6.30. The van der Waals surface area contributed by atoms with Crippen LogP contribution in [0.3, 0.4) is 0 Å². The number of hydrogen-bond donors (Lipinski definition) is 2. The normalized spacial score (nSPS) is 11.6. The summed E-state index contributed by atoms with van der Waals surface area (Å²) in [5.41, 5.74) is 5.27. The molecule has 3 rings (SSSR count). The number of carbonyl (C=O) groups is 3. The second-order valence-corrected chi connectivity index (χ2v) is 10.2. The molecule has 3 aromatic carbocycles. The molecule has 36 heavy (non-hydrogen) atoms. The van der Waals surface area contributed by atoms with Gasteiger partial charge in [0.2, 0.25) is 0 Å². The fraction of sp³-hybridized carbons (Fsp3) is 0.276. The lowest BCUT2D eigenvalue weighted by atomic mass is 9.86. The Balaban J connectivity index is 1.77. The molecule has 3 N–H and O–H groups in total. The number of benzene rings is 3. The standard InChI is InChI=1S/C29H31NO6/c1-28(2,3)25(32)20-10-6-8-12-23(20)35-27(34)19-15-14-18(16-22(19)31)17-29(4,5)36-24-13-9-7-11-21(24)26(30)33/h6-16,31H,17H2,1-5H3,(H2,30,33). The summed E-state index contributed by atoms with van der Waals surface area (Å²) in [6.07, 6.45) is 0.367. The first-order chi connectivity index (χ1) is 16.8. The number of primary amides is 1. The van der Waals surface area contributed by atoms with Gasteiger partial charge in [-0.05, 0) is 55.8 Å². The average molecular weight is 490 g/mol. The number of hydrogen-bond acceptors (Lipinski definition) is 6. The second-order valence-electron chi connectivity index (χ2n) is 10.2. The molecule has 0 aliphatic carbocycles.